The Kier molecular flexibility index (Phi) is 14.3. The zero-order valence-electron chi connectivity index (χ0n) is 32.4. The average molecular weight is 845 g/mol. The fraction of sp³-hybridized carbons (Fsp3) is 0.400. The van der Waals surface area contributed by atoms with E-state index in [1.165, 1.54) is 41.5 Å². The van der Waals surface area contributed by atoms with E-state index in [0.717, 1.165) is 0 Å². The van der Waals surface area contributed by atoms with Crippen LogP contribution in [0.15, 0.2) is 117 Å². The molecule has 1 aliphatic rings. The van der Waals surface area contributed by atoms with E-state index in [0.29, 0.717) is 22.3 Å². The van der Waals surface area contributed by atoms with Crippen LogP contribution in [0.4, 0.5) is 0 Å². The monoisotopic (exact) mass is 844 g/mol. The smallest absolute Gasteiger partial charge is 0.207 e. The van der Waals surface area contributed by atoms with Gasteiger partial charge in [0.05, 0.1) is 19.6 Å². The molecule has 16 heteroatoms. The van der Waals surface area contributed by atoms with Crippen LogP contribution in [0.25, 0.3) is 0 Å². The van der Waals surface area contributed by atoms with E-state index in [9.17, 15) is 33.7 Å². The Morgan fingerprint density at radius 2 is 0.464 bits per heavy atom. The molecular formula is C40H52N4O8S4. The molecule has 5 rings (SSSR count). The number of hydrogen-bond donors (Lipinski definition) is 0. The molecule has 0 saturated carbocycles. The summed E-state index contributed by atoms with van der Waals surface area (Å²) in [4.78, 5) is 0.493. The molecule has 1 aliphatic heterocycles. The first kappa shape index (κ1) is 43.6. The molecule has 12 nitrogen and oxygen atoms in total. The van der Waals surface area contributed by atoms with Crippen LogP contribution in [0, 0.1) is 27.7 Å². The first-order valence-electron chi connectivity index (χ1n) is 18.7. The van der Waals surface area contributed by atoms with Crippen LogP contribution in [-0.4, -0.2) is 103 Å². The fourth-order valence-corrected chi connectivity index (χ4v) is 14.0. The molecule has 0 N–H and O–H groups in total. The minimum atomic E-state index is -4.06. The molecule has 0 spiro atoms. The third-order valence-electron chi connectivity index (χ3n) is 10.1. The van der Waals surface area contributed by atoms with Crippen LogP contribution in [0.1, 0.15) is 47.9 Å². The number of hydrogen-bond acceptors (Lipinski definition) is 8. The maximum Gasteiger partial charge on any atom is 0.243 e. The van der Waals surface area contributed by atoms with E-state index in [1.807, 2.05) is 0 Å². The second-order valence-electron chi connectivity index (χ2n) is 14.1. The Labute approximate surface area is 334 Å². The first-order valence-corrected chi connectivity index (χ1v) is 24.5. The number of aryl methyl sites for hydroxylation is 4. The zero-order chi connectivity index (χ0) is 40.7. The van der Waals surface area contributed by atoms with Crippen molar-refractivity contribution in [2.45, 2.75) is 73.0 Å². The van der Waals surface area contributed by atoms with Crippen molar-refractivity contribution in [3.63, 3.8) is 0 Å². The highest BCUT2D eigenvalue weighted by atomic mass is 32.2. The van der Waals surface area contributed by atoms with Gasteiger partial charge >= 0.3 is 0 Å². The Hall–Kier alpha value is -3.48. The second-order valence-corrected chi connectivity index (χ2v) is 21.7. The Morgan fingerprint density at radius 1 is 0.304 bits per heavy atom. The second kappa shape index (κ2) is 18.4. The minimum absolute atomic E-state index is 0.0329. The van der Waals surface area contributed by atoms with Crippen LogP contribution in [0.2, 0.25) is 0 Å². The van der Waals surface area contributed by atoms with Gasteiger partial charge in [-0.25, -0.2) is 33.7 Å². The zero-order valence-corrected chi connectivity index (χ0v) is 35.7. The molecule has 1 heterocycles. The summed E-state index contributed by atoms with van der Waals surface area (Å²) in [6, 6.07) is 26.5. The van der Waals surface area contributed by atoms with Gasteiger partial charge in [-0.2, -0.15) is 17.2 Å². The molecule has 0 atom stereocenters. The molecule has 4 aromatic carbocycles. The summed E-state index contributed by atoms with van der Waals surface area (Å²) >= 11 is 0. The predicted octanol–water partition coefficient (Wildman–Crippen LogP) is 5.56. The van der Waals surface area contributed by atoms with Crippen molar-refractivity contribution in [3.05, 3.63) is 119 Å². The van der Waals surface area contributed by atoms with Crippen LogP contribution in [-0.2, 0) is 40.1 Å². The highest BCUT2D eigenvalue weighted by Gasteiger charge is 2.32. The molecule has 0 bridgehead atoms. The van der Waals surface area contributed by atoms with Gasteiger partial charge in [0.15, 0.2) is 0 Å². The van der Waals surface area contributed by atoms with Gasteiger partial charge in [0.2, 0.25) is 40.1 Å². The van der Waals surface area contributed by atoms with Crippen molar-refractivity contribution in [2.24, 2.45) is 0 Å². The van der Waals surface area contributed by atoms with Gasteiger partial charge in [0.25, 0.3) is 0 Å². The third kappa shape index (κ3) is 9.79. The van der Waals surface area contributed by atoms with Crippen LogP contribution >= 0.6 is 0 Å². The SMILES string of the molecule is Cc1ccccc1S(=O)(=O)N1CCCN(S(=O)(=O)c2ccccc2C)CCCN(S(=O)(=O)c2ccccc2C)CCCN(S(=O)(=O)c2ccccc2C)CCC1. The lowest BCUT2D eigenvalue weighted by molar-refractivity contribution is 0.310. The molecule has 0 radical (unpaired) electrons. The van der Waals surface area contributed by atoms with E-state index in [1.54, 1.807) is 100 Å². The summed E-state index contributed by atoms with van der Waals surface area (Å²) < 4.78 is 119. The lowest BCUT2D eigenvalue weighted by Gasteiger charge is -2.30. The Balaban J connectivity index is 1.54. The lowest BCUT2D eigenvalue weighted by Crippen LogP contribution is -2.42. The van der Waals surface area contributed by atoms with Crippen molar-refractivity contribution < 1.29 is 33.7 Å². The van der Waals surface area contributed by atoms with Gasteiger partial charge in [-0.3, -0.25) is 0 Å². The van der Waals surface area contributed by atoms with E-state index >= 15 is 0 Å². The lowest BCUT2D eigenvalue weighted by atomic mass is 10.2. The molecule has 0 aliphatic carbocycles. The molecule has 304 valence electrons. The molecule has 0 unspecified atom stereocenters. The predicted molar refractivity (Wildman–Crippen MR) is 218 cm³/mol. The van der Waals surface area contributed by atoms with Crippen molar-refractivity contribution in [1.29, 1.82) is 0 Å². The highest BCUT2D eigenvalue weighted by molar-refractivity contribution is 7.90. The van der Waals surface area contributed by atoms with E-state index in [-0.39, 0.29) is 97.6 Å². The number of nitrogens with zero attached hydrogens (tertiary/aromatic N) is 4. The quantitative estimate of drug-likeness (QED) is 0.224. The summed E-state index contributed by atoms with van der Waals surface area (Å²) in [5.74, 6) is 0. The van der Waals surface area contributed by atoms with Crippen LogP contribution in [0.5, 0.6) is 0 Å². The van der Waals surface area contributed by atoms with Gasteiger partial charge in [0.1, 0.15) is 0 Å². The van der Waals surface area contributed by atoms with Gasteiger partial charge < -0.3 is 0 Å². The van der Waals surface area contributed by atoms with Gasteiger partial charge in [-0.15, -0.1) is 0 Å². The molecular weight excluding hydrogens is 793 g/mol. The van der Waals surface area contributed by atoms with Crippen molar-refractivity contribution >= 4 is 40.1 Å². The van der Waals surface area contributed by atoms with E-state index < -0.39 is 40.1 Å². The summed E-state index contributed by atoms with van der Waals surface area (Å²) in [6.07, 6.45) is 0.526. The number of sulfonamides is 4. The molecule has 1 fully saturated rings. The largest absolute Gasteiger partial charge is 0.243 e. The molecule has 56 heavy (non-hydrogen) atoms. The normalized spacial score (nSPS) is 17.8. The highest BCUT2D eigenvalue weighted by Crippen LogP contribution is 2.26. The van der Waals surface area contributed by atoms with Crippen LogP contribution < -0.4 is 0 Å². The Morgan fingerprint density at radius 3 is 0.625 bits per heavy atom. The van der Waals surface area contributed by atoms with E-state index in [2.05, 4.69) is 0 Å². The third-order valence-corrected chi connectivity index (χ3v) is 18.3. The van der Waals surface area contributed by atoms with Crippen molar-refractivity contribution in [1.82, 2.24) is 17.2 Å². The fourth-order valence-electron chi connectivity index (χ4n) is 7.04. The molecule has 4 aromatic rings. The standard InChI is InChI=1S/C40H52N4O8S4/c1-33-17-5-9-21-37(33)53(45,46)41-25-13-27-42(54(47,48)38-22-10-6-18-34(38)2)29-15-31-44(56(51,52)40-24-12-8-20-36(40)4)32-16-30-43(28-14-26-41)55(49,50)39-23-11-7-19-35(39)3/h5-12,17-24H,13-16,25-32H2,1-4H3. The van der Waals surface area contributed by atoms with Crippen molar-refractivity contribution in [3.8, 4) is 0 Å². The number of benzene rings is 4. The summed E-state index contributed by atoms with van der Waals surface area (Å²) in [5.41, 5.74) is 2.21. The van der Waals surface area contributed by atoms with E-state index in [4.69, 9.17) is 0 Å². The minimum Gasteiger partial charge on any atom is -0.207 e. The topological polar surface area (TPSA) is 150 Å². The van der Waals surface area contributed by atoms with Gasteiger partial charge in [-0.1, -0.05) is 72.8 Å². The maximum atomic E-state index is 14.2. The van der Waals surface area contributed by atoms with Crippen LogP contribution in [0.3, 0.4) is 0 Å². The molecule has 1 saturated heterocycles. The first-order chi connectivity index (χ1) is 26.5. The molecule has 0 aromatic heterocycles. The summed E-state index contributed by atoms with van der Waals surface area (Å²) in [7, 11) is -16.3. The maximum absolute atomic E-state index is 14.2. The van der Waals surface area contributed by atoms with Gasteiger partial charge in [0, 0.05) is 52.4 Å². The van der Waals surface area contributed by atoms with Crippen molar-refractivity contribution in [2.75, 3.05) is 52.4 Å². The summed E-state index contributed by atoms with van der Waals surface area (Å²) in [5, 5.41) is 0. The Bertz CT molecular complexity index is 2080. The average Bonchev–Trinajstić information content (AvgIpc) is 3.14. The molecule has 0 amide bonds. The number of rotatable bonds is 8. The summed E-state index contributed by atoms with van der Waals surface area (Å²) in [6.45, 7) is 6.57. The van der Waals surface area contributed by atoms with Gasteiger partial charge in [-0.05, 0) is 99.9 Å².